The van der Waals surface area contributed by atoms with E-state index in [0.29, 0.717) is 18.4 Å². The molecule has 0 aliphatic carbocycles. The maximum absolute atomic E-state index is 12.1. The van der Waals surface area contributed by atoms with Gasteiger partial charge in [0.25, 0.3) is 0 Å². The van der Waals surface area contributed by atoms with Crippen LogP contribution in [0, 0.1) is 5.92 Å². The first-order valence-corrected chi connectivity index (χ1v) is 7.85. The SMILES string of the molecule is CN1CCC(N2CCC(COCc3ccccc3)C2)C1=O. The molecule has 114 valence electrons. The minimum atomic E-state index is 0.120. The van der Waals surface area contributed by atoms with E-state index in [1.54, 1.807) is 0 Å². The molecule has 2 aliphatic rings. The summed E-state index contributed by atoms with van der Waals surface area (Å²) in [6.45, 7) is 4.41. The zero-order valence-electron chi connectivity index (χ0n) is 12.7. The molecule has 2 heterocycles. The van der Waals surface area contributed by atoms with Gasteiger partial charge in [-0.3, -0.25) is 9.69 Å². The van der Waals surface area contributed by atoms with Gasteiger partial charge in [-0.15, -0.1) is 0 Å². The number of likely N-dealkylation sites (N-methyl/N-ethyl adjacent to an activating group) is 1. The number of nitrogens with zero attached hydrogens (tertiary/aromatic N) is 2. The number of carbonyl (C=O) groups excluding carboxylic acids is 1. The summed E-state index contributed by atoms with van der Waals surface area (Å²) in [7, 11) is 1.90. The first-order valence-electron chi connectivity index (χ1n) is 7.85. The first-order chi connectivity index (χ1) is 10.2. The fourth-order valence-corrected chi connectivity index (χ4v) is 3.34. The highest BCUT2D eigenvalue weighted by Gasteiger charge is 2.37. The lowest BCUT2D eigenvalue weighted by Gasteiger charge is -2.22. The molecule has 2 aliphatic heterocycles. The largest absolute Gasteiger partial charge is 0.376 e. The Hall–Kier alpha value is -1.39. The summed E-state index contributed by atoms with van der Waals surface area (Å²) in [5.74, 6) is 0.855. The minimum Gasteiger partial charge on any atom is -0.376 e. The fraction of sp³-hybridized carbons (Fsp3) is 0.588. The predicted octanol–water partition coefficient (Wildman–Crippen LogP) is 1.76. The van der Waals surface area contributed by atoms with Gasteiger partial charge in [-0.25, -0.2) is 0 Å². The van der Waals surface area contributed by atoms with E-state index in [4.69, 9.17) is 4.74 Å². The highest BCUT2D eigenvalue weighted by Crippen LogP contribution is 2.24. The van der Waals surface area contributed by atoms with Gasteiger partial charge in [-0.1, -0.05) is 30.3 Å². The smallest absolute Gasteiger partial charge is 0.239 e. The molecule has 0 spiro atoms. The van der Waals surface area contributed by atoms with Crippen LogP contribution in [0.4, 0.5) is 0 Å². The van der Waals surface area contributed by atoms with Crippen LogP contribution in [-0.2, 0) is 16.1 Å². The highest BCUT2D eigenvalue weighted by atomic mass is 16.5. The maximum Gasteiger partial charge on any atom is 0.239 e. The Balaban J connectivity index is 1.42. The van der Waals surface area contributed by atoms with Crippen molar-refractivity contribution < 1.29 is 9.53 Å². The lowest BCUT2D eigenvalue weighted by Crippen LogP contribution is -2.39. The number of likely N-dealkylation sites (tertiary alicyclic amines) is 2. The lowest BCUT2D eigenvalue weighted by atomic mass is 10.1. The van der Waals surface area contributed by atoms with Crippen molar-refractivity contribution in [3.8, 4) is 0 Å². The average Bonchev–Trinajstić information content (AvgIpc) is 3.08. The summed E-state index contributed by atoms with van der Waals surface area (Å²) in [6.07, 6.45) is 2.12. The van der Waals surface area contributed by atoms with Crippen LogP contribution in [0.2, 0.25) is 0 Å². The molecule has 2 atom stereocenters. The topological polar surface area (TPSA) is 32.8 Å². The van der Waals surface area contributed by atoms with Gasteiger partial charge in [0.05, 0.1) is 19.3 Å². The van der Waals surface area contributed by atoms with Crippen LogP contribution in [0.3, 0.4) is 0 Å². The Morgan fingerprint density at radius 2 is 2.00 bits per heavy atom. The van der Waals surface area contributed by atoms with Crippen molar-refractivity contribution in [2.75, 3.05) is 33.3 Å². The Bertz CT molecular complexity index is 477. The third kappa shape index (κ3) is 3.44. The average molecular weight is 288 g/mol. The molecule has 0 radical (unpaired) electrons. The quantitative estimate of drug-likeness (QED) is 0.827. The molecule has 4 nitrogen and oxygen atoms in total. The van der Waals surface area contributed by atoms with Crippen LogP contribution in [0.5, 0.6) is 0 Å². The second-order valence-corrected chi connectivity index (χ2v) is 6.21. The summed E-state index contributed by atoms with van der Waals surface area (Å²) in [5, 5.41) is 0. The number of rotatable bonds is 5. The van der Waals surface area contributed by atoms with Crippen LogP contribution >= 0.6 is 0 Å². The van der Waals surface area contributed by atoms with Crippen LogP contribution in [0.1, 0.15) is 18.4 Å². The van der Waals surface area contributed by atoms with Gasteiger partial charge in [0, 0.05) is 20.1 Å². The summed E-state index contributed by atoms with van der Waals surface area (Å²) < 4.78 is 5.84. The Labute approximate surface area is 126 Å². The van der Waals surface area contributed by atoms with Crippen molar-refractivity contribution >= 4 is 5.91 Å². The molecule has 21 heavy (non-hydrogen) atoms. The highest BCUT2D eigenvalue weighted by molar-refractivity contribution is 5.83. The third-order valence-electron chi connectivity index (χ3n) is 4.62. The third-order valence-corrected chi connectivity index (χ3v) is 4.62. The summed E-state index contributed by atoms with van der Waals surface area (Å²) in [5.41, 5.74) is 1.22. The van der Waals surface area contributed by atoms with Gasteiger partial charge < -0.3 is 9.64 Å². The maximum atomic E-state index is 12.1. The molecule has 0 saturated carbocycles. The zero-order chi connectivity index (χ0) is 14.7. The molecule has 0 N–H and O–H groups in total. The monoisotopic (exact) mass is 288 g/mol. The van der Waals surface area contributed by atoms with E-state index in [9.17, 15) is 4.79 Å². The molecule has 2 saturated heterocycles. The van der Waals surface area contributed by atoms with E-state index in [1.165, 1.54) is 5.56 Å². The molecule has 1 aromatic carbocycles. The first kappa shape index (κ1) is 14.5. The zero-order valence-corrected chi connectivity index (χ0v) is 12.7. The standard InChI is InChI=1S/C17H24N2O2/c1-18-9-8-16(17(18)20)19-10-7-15(11-19)13-21-12-14-5-3-2-4-6-14/h2-6,15-16H,7-13H2,1H3. The summed E-state index contributed by atoms with van der Waals surface area (Å²) in [6, 6.07) is 10.4. The van der Waals surface area contributed by atoms with Crippen molar-refractivity contribution in [1.82, 2.24) is 9.80 Å². The Kier molecular flexibility index (Phi) is 4.56. The number of hydrogen-bond donors (Lipinski definition) is 0. The normalized spacial score (nSPS) is 26.7. The second kappa shape index (κ2) is 6.58. The molecule has 1 amide bonds. The molecule has 4 heteroatoms. The van der Waals surface area contributed by atoms with Crippen molar-refractivity contribution in [2.45, 2.75) is 25.5 Å². The van der Waals surface area contributed by atoms with Crippen molar-refractivity contribution in [1.29, 1.82) is 0 Å². The van der Waals surface area contributed by atoms with Crippen molar-refractivity contribution in [2.24, 2.45) is 5.92 Å². The number of benzene rings is 1. The van der Waals surface area contributed by atoms with Gasteiger partial charge in [0.2, 0.25) is 5.91 Å². The van der Waals surface area contributed by atoms with E-state index in [-0.39, 0.29) is 6.04 Å². The van der Waals surface area contributed by atoms with Gasteiger partial charge >= 0.3 is 0 Å². The fourth-order valence-electron chi connectivity index (χ4n) is 3.34. The summed E-state index contributed by atoms with van der Waals surface area (Å²) in [4.78, 5) is 16.3. The molecule has 2 fully saturated rings. The molecule has 2 unspecified atom stereocenters. The van der Waals surface area contributed by atoms with E-state index < -0.39 is 0 Å². The van der Waals surface area contributed by atoms with E-state index in [0.717, 1.165) is 39.1 Å². The van der Waals surface area contributed by atoms with E-state index in [1.807, 2.05) is 30.1 Å². The molecular weight excluding hydrogens is 264 g/mol. The molecule has 1 aromatic rings. The van der Waals surface area contributed by atoms with E-state index >= 15 is 0 Å². The molecule has 0 bridgehead atoms. The molecule has 3 rings (SSSR count). The van der Waals surface area contributed by atoms with Gasteiger partial charge in [0.1, 0.15) is 0 Å². The lowest BCUT2D eigenvalue weighted by molar-refractivity contribution is -0.130. The van der Waals surface area contributed by atoms with Crippen LogP contribution in [0.15, 0.2) is 30.3 Å². The van der Waals surface area contributed by atoms with Crippen LogP contribution in [-0.4, -0.2) is 55.0 Å². The Morgan fingerprint density at radius 3 is 2.71 bits per heavy atom. The summed E-state index contributed by atoms with van der Waals surface area (Å²) >= 11 is 0. The number of amides is 1. The molecular formula is C17H24N2O2. The second-order valence-electron chi connectivity index (χ2n) is 6.21. The minimum absolute atomic E-state index is 0.120. The van der Waals surface area contributed by atoms with Crippen molar-refractivity contribution in [3.63, 3.8) is 0 Å². The van der Waals surface area contributed by atoms with Gasteiger partial charge in [-0.05, 0) is 30.9 Å². The number of carbonyl (C=O) groups is 1. The predicted molar refractivity (Wildman–Crippen MR) is 81.8 cm³/mol. The Morgan fingerprint density at radius 1 is 1.19 bits per heavy atom. The van der Waals surface area contributed by atoms with E-state index in [2.05, 4.69) is 17.0 Å². The van der Waals surface area contributed by atoms with Crippen LogP contribution in [0.25, 0.3) is 0 Å². The number of ether oxygens (including phenoxy) is 1. The van der Waals surface area contributed by atoms with Gasteiger partial charge in [-0.2, -0.15) is 0 Å². The number of hydrogen-bond acceptors (Lipinski definition) is 3. The van der Waals surface area contributed by atoms with Crippen molar-refractivity contribution in [3.05, 3.63) is 35.9 Å². The van der Waals surface area contributed by atoms with Crippen LogP contribution < -0.4 is 0 Å². The van der Waals surface area contributed by atoms with Gasteiger partial charge in [0.15, 0.2) is 0 Å². The molecule has 0 aromatic heterocycles.